The largest absolute Gasteiger partial charge is 0.489 e. The van der Waals surface area contributed by atoms with Crippen LogP contribution in [0.1, 0.15) is 29.7 Å². The molecule has 2 heteroatoms. The van der Waals surface area contributed by atoms with Crippen molar-refractivity contribution in [2.75, 3.05) is 0 Å². The van der Waals surface area contributed by atoms with E-state index in [0.717, 1.165) is 11.3 Å². The summed E-state index contributed by atoms with van der Waals surface area (Å²) in [6.45, 7) is 4.40. The van der Waals surface area contributed by atoms with E-state index < -0.39 is 6.10 Å². The standard InChI is InChI=1S/C16H18O2/c1-12-5-3-4-6-15(12)11-18-16-9-7-14(8-10-16)13(2)17/h3-10,13,17H,11H2,1-2H3/t13-/m1/s1. The summed E-state index contributed by atoms with van der Waals surface area (Å²) in [5, 5.41) is 9.42. The Morgan fingerprint density at radius 2 is 1.72 bits per heavy atom. The first-order valence-electron chi connectivity index (χ1n) is 6.12. The van der Waals surface area contributed by atoms with Gasteiger partial charge in [0.25, 0.3) is 0 Å². The van der Waals surface area contributed by atoms with E-state index in [9.17, 15) is 5.11 Å². The molecule has 2 aromatic carbocycles. The zero-order chi connectivity index (χ0) is 13.0. The zero-order valence-electron chi connectivity index (χ0n) is 10.8. The van der Waals surface area contributed by atoms with Crippen LogP contribution in [0.2, 0.25) is 0 Å². The fraction of sp³-hybridized carbons (Fsp3) is 0.250. The summed E-state index contributed by atoms with van der Waals surface area (Å²) in [4.78, 5) is 0. The first-order chi connectivity index (χ1) is 8.66. The van der Waals surface area contributed by atoms with Crippen LogP contribution in [0.4, 0.5) is 0 Å². The van der Waals surface area contributed by atoms with Gasteiger partial charge in [0.2, 0.25) is 0 Å². The van der Waals surface area contributed by atoms with Crippen LogP contribution in [0.3, 0.4) is 0 Å². The quantitative estimate of drug-likeness (QED) is 0.887. The van der Waals surface area contributed by atoms with E-state index in [1.807, 2.05) is 36.4 Å². The molecule has 0 unspecified atom stereocenters. The molecular weight excluding hydrogens is 224 g/mol. The second-order valence-corrected chi connectivity index (χ2v) is 4.46. The molecule has 18 heavy (non-hydrogen) atoms. The molecule has 0 bridgehead atoms. The molecule has 0 aliphatic rings. The molecule has 0 aliphatic carbocycles. The molecule has 94 valence electrons. The van der Waals surface area contributed by atoms with E-state index in [4.69, 9.17) is 4.74 Å². The predicted octanol–water partition coefficient (Wildman–Crippen LogP) is 3.63. The van der Waals surface area contributed by atoms with Gasteiger partial charge in [0.1, 0.15) is 12.4 Å². The van der Waals surface area contributed by atoms with Crippen molar-refractivity contribution in [2.45, 2.75) is 26.6 Å². The summed E-state index contributed by atoms with van der Waals surface area (Å²) in [6.07, 6.45) is -0.435. The van der Waals surface area contributed by atoms with Gasteiger partial charge in [-0.3, -0.25) is 0 Å². The van der Waals surface area contributed by atoms with E-state index in [1.54, 1.807) is 6.92 Å². The van der Waals surface area contributed by atoms with Crippen molar-refractivity contribution < 1.29 is 9.84 Å². The summed E-state index contributed by atoms with van der Waals surface area (Å²) in [5.41, 5.74) is 3.33. The van der Waals surface area contributed by atoms with Gasteiger partial charge in [0.15, 0.2) is 0 Å². The van der Waals surface area contributed by atoms with Gasteiger partial charge in [0, 0.05) is 0 Å². The smallest absolute Gasteiger partial charge is 0.119 e. The van der Waals surface area contributed by atoms with Crippen molar-refractivity contribution in [2.24, 2.45) is 0 Å². The van der Waals surface area contributed by atoms with Crippen molar-refractivity contribution >= 4 is 0 Å². The van der Waals surface area contributed by atoms with E-state index in [0.29, 0.717) is 6.61 Å². The number of aryl methyl sites for hydroxylation is 1. The van der Waals surface area contributed by atoms with Crippen molar-refractivity contribution in [1.29, 1.82) is 0 Å². The van der Waals surface area contributed by atoms with Crippen molar-refractivity contribution in [3.63, 3.8) is 0 Å². The van der Waals surface area contributed by atoms with Crippen LogP contribution in [-0.4, -0.2) is 5.11 Å². The van der Waals surface area contributed by atoms with E-state index in [-0.39, 0.29) is 0 Å². The highest BCUT2D eigenvalue weighted by atomic mass is 16.5. The van der Waals surface area contributed by atoms with Crippen molar-refractivity contribution in [3.8, 4) is 5.75 Å². The lowest BCUT2D eigenvalue weighted by Crippen LogP contribution is -1.98. The van der Waals surface area contributed by atoms with E-state index >= 15 is 0 Å². The normalized spacial score (nSPS) is 12.2. The second kappa shape index (κ2) is 5.69. The number of ether oxygens (including phenoxy) is 1. The third-order valence-corrected chi connectivity index (χ3v) is 3.02. The number of hydrogen-bond acceptors (Lipinski definition) is 2. The van der Waals surface area contributed by atoms with Gasteiger partial charge < -0.3 is 9.84 Å². The molecule has 2 rings (SSSR count). The first kappa shape index (κ1) is 12.7. The molecule has 0 spiro atoms. The van der Waals surface area contributed by atoms with Crippen LogP contribution in [0.15, 0.2) is 48.5 Å². The van der Waals surface area contributed by atoms with Gasteiger partial charge in [0.05, 0.1) is 6.10 Å². The van der Waals surface area contributed by atoms with Gasteiger partial charge in [-0.25, -0.2) is 0 Å². The number of rotatable bonds is 4. The SMILES string of the molecule is Cc1ccccc1COc1ccc([C@@H](C)O)cc1. The Hall–Kier alpha value is -1.80. The Labute approximate surface area is 108 Å². The predicted molar refractivity (Wildman–Crippen MR) is 72.6 cm³/mol. The van der Waals surface area contributed by atoms with Crippen LogP contribution in [0, 0.1) is 6.92 Å². The van der Waals surface area contributed by atoms with Crippen LogP contribution in [-0.2, 0) is 6.61 Å². The molecule has 0 heterocycles. The third-order valence-electron chi connectivity index (χ3n) is 3.02. The summed E-state index contributed by atoms with van der Waals surface area (Å²) in [7, 11) is 0. The van der Waals surface area contributed by atoms with Crippen LogP contribution in [0.25, 0.3) is 0 Å². The second-order valence-electron chi connectivity index (χ2n) is 4.46. The summed E-state index contributed by atoms with van der Waals surface area (Å²) in [5.74, 6) is 0.822. The minimum absolute atomic E-state index is 0.435. The van der Waals surface area contributed by atoms with E-state index in [1.165, 1.54) is 11.1 Å². The molecule has 0 saturated heterocycles. The minimum Gasteiger partial charge on any atom is -0.489 e. The molecule has 0 amide bonds. The Morgan fingerprint density at radius 1 is 1.06 bits per heavy atom. The Bertz CT molecular complexity index is 501. The summed E-state index contributed by atoms with van der Waals surface area (Å²) < 4.78 is 5.73. The Kier molecular flexibility index (Phi) is 4.00. The van der Waals surface area contributed by atoms with Gasteiger partial charge in [-0.05, 0) is 42.7 Å². The molecule has 1 atom stereocenters. The third kappa shape index (κ3) is 3.11. The zero-order valence-corrected chi connectivity index (χ0v) is 10.8. The number of aliphatic hydroxyl groups excluding tert-OH is 1. The molecule has 2 aromatic rings. The maximum absolute atomic E-state index is 9.42. The highest BCUT2D eigenvalue weighted by molar-refractivity contribution is 5.30. The molecular formula is C16H18O2. The molecule has 0 fully saturated rings. The van der Waals surface area contributed by atoms with E-state index in [2.05, 4.69) is 19.1 Å². The monoisotopic (exact) mass is 242 g/mol. The van der Waals surface area contributed by atoms with Crippen LogP contribution in [0.5, 0.6) is 5.75 Å². The average molecular weight is 242 g/mol. The highest BCUT2D eigenvalue weighted by Gasteiger charge is 2.02. The molecule has 0 aliphatic heterocycles. The average Bonchev–Trinajstić information content (AvgIpc) is 2.38. The molecule has 0 radical (unpaired) electrons. The summed E-state index contributed by atoms with van der Waals surface area (Å²) >= 11 is 0. The summed E-state index contributed by atoms with van der Waals surface area (Å²) in [6, 6.07) is 15.7. The van der Waals surface area contributed by atoms with Gasteiger partial charge >= 0.3 is 0 Å². The van der Waals surface area contributed by atoms with Crippen LogP contribution < -0.4 is 4.74 Å². The molecule has 0 aromatic heterocycles. The topological polar surface area (TPSA) is 29.5 Å². The highest BCUT2D eigenvalue weighted by Crippen LogP contribution is 2.18. The molecule has 0 saturated carbocycles. The molecule has 1 N–H and O–H groups in total. The molecule has 2 nitrogen and oxygen atoms in total. The van der Waals surface area contributed by atoms with Gasteiger partial charge in [-0.2, -0.15) is 0 Å². The fourth-order valence-corrected chi connectivity index (χ4v) is 1.78. The fourth-order valence-electron chi connectivity index (χ4n) is 1.78. The van der Waals surface area contributed by atoms with Crippen molar-refractivity contribution in [3.05, 3.63) is 65.2 Å². The van der Waals surface area contributed by atoms with Gasteiger partial charge in [-0.1, -0.05) is 36.4 Å². The van der Waals surface area contributed by atoms with Crippen molar-refractivity contribution in [1.82, 2.24) is 0 Å². The first-order valence-corrected chi connectivity index (χ1v) is 6.12. The maximum Gasteiger partial charge on any atom is 0.119 e. The Morgan fingerprint density at radius 3 is 2.33 bits per heavy atom. The Balaban J connectivity index is 2.00. The number of hydrogen-bond donors (Lipinski definition) is 1. The lowest BCUT2D eigenvalue weighted by molar-refractivity contribution is 0.199. The lowest BCUT2D eigenvalue weighted by Gasteiger charge is -2.10. The number of aliphatic hydroxyl groups is 1. The van der Waals surface area contributed by atoms with Crippen LogP contribution >= 0.6 is 0 Å². The number of benzene rings is 2. The maximum atomic E-state index is 9.42. The minimum atomic E-state index is -0.435. The van der Waals surface area contributed by atoms with Gasteiger partial charge in [-0.15, -0.1) is 0 Å². The lowest BCUT2D eigenvalue weighted by atomic mass is 10.1.